The number of hydrogen-bond acceptors (Lipinski definition) is 6. The molecule has 0 aliphatic heterocycles. The first kappa shape index (κ1) is 20.8. The van der Waals surface area contributed by atoms with Crippen LogP contribution in [0.25, 0.3) is 11.0 Å². The normalized spacial score (nSPS) is 10.9. The largest absolute Gasteiger partial charge is 0.350 e. The van der Waals surface area contributed by atoms with Crippen LogP contribution in [-0.2, 0) is 13.1 Å². The molecule has 32 heavy (non-hydrogen) atoms. The summed E-state index contributed by atoms with van der Waals surface area (Å²) in [6.45, 7) is 0.584. The molecule has 0 spiro atoms. The SMILES string of the molecule is O=C(NCCn1ncc2c(=O)n(Cc3cccc(F)c3)cnc21)c1cccc([N+](=O)[O-])c1. The zero-order valence-electron chi connectivity index (χ0n) is 16.6. The second-order valence-electron chi connectivity index (χ2n) is 6.98. The van der Waals surface area contributed by atoms with Crippen LogP contribution in [0, 0.1) is 15.9 Å². The number of halogens is 1. The second kappa shape index (κ2) is 8.76. The number of amides is 1. The summed E-state index contributed by atoms with van der Waals surface area (Å²) in [5.41, 5.74) is 0.669. The molecule has 0 unspecified atom stereocenters. The van der Waals surface area contributed by atoms with Crippen molar-refractivity contribution in [1.82, 2.24) is 24.6 Å². The molecule has 11 heteroatoms. The molecule has 2 heterocycles. The van der Waals surface area contributed by atoms with Crippen molar-refractivity contribution < 1.29 is 14.1 Å². The fraction of sp³-hybridized carbons (Fsp3) is 0.143. The highest BCUT2D eigenvalue weighted by Crippen LogP contribution is 2.13. The molecule has 0 aliphatic carbocycles. The fourth-order valence-electron chi connectivity index (χ4n) is 3.24. The van der Waals surface area contributed by atoms with Crippen molar-refractivity contribution in [2.75, 3.05) is 6.54 Å². The van der Waals surface area contributed by atoms with E-state index in [0.29, 0.717) is 16.6 Å². The fourth-order valence-corrected chi connectivity index (χ4v) is 3.24. The molecule has 1 amide bonds. The van der Waals surface area contributed by atoms with Crippen molar-refractivity contribution in [2.45, 2.75) is 13.1 Å². The molecule has 2 aromatic carbocycles. The van der Waals surface area contributed by atoms with Gasteiger partial charge in [-0.3, -0.25) is 24.3 Å². The lowest BCUT2D eigenvalue weighted by Gasteiger charge is -2.08. The first-order valence-electron chi connectivity index (χ1n) is 9.60. The predicted octanol–water partition coefficient (Wildman–Crippen LogP) is 2.12. The maximum absolute atomic E-state index is 13.4. The summed E-state index contributed by atoms with van der Waals surface area (Å²) < 4.78 is 16.2. The Balaban J connectivity index is 1.45. The van der Waals surface area contributed by atoms with Gasteiger partial charge >= 0.3 is 0 Å². The van der Waals surface area contributed by atoms with Gasteiger partial charge in [0.25, 0.3) is 17.2 Å². The lowest BCUT2D eigenvalue weighted by Crippen LogP contribution is -2.27. The summed E-state index contributed by atoms with van der Waals surface area (Å²) in [6, 6.07) is 11.4. The van der Waals surface area contributed by atoms with E-state index in [4.69, 9.17) is 0 Å². The Hall–Kier alpha value is -4.41. The molecular formula is C21H17FN6O4. The number of non-ortho nitro benzene ring substituents is 1. The summed E-state index contributed by atoms with van der Waals surface area (Å²) in [4.78, 5) is 39.6. The zero-order valence-corrected chi connectivity index (χ0v) is 16.6. The van der Waals surface area contributed by atoms with E-state index in [-0.39, 0.29) is 42.3 Å². The number of nitro benzene ring substituents is 1. The van der Waals surface area contributed by atoms with Crippen LogP contribution in [0.2, 0.25) is 0 Å². The number of nitrogens with zero attached hydrogens (tertiary/aromatic N) is 5. The summed E-state index contributed by atoms with van der Waals surface area (Å²) >= 11 is 0. The van der Waals surface area contributed by atoms with Gasteiger partial charge < -0.3 is 5.32 Å². The highest BCUT2D eigenvalue weighted by Gasteiger charge is 2.13. The molecule has 0 atom stereocenters. The quantitative estimate of drug-likeness (QED) is 0.349. The van der Waals surface area contributed by atoms with E-state index < -0.39 is 10.8 Å². The predicted molar refractivity (Wildman–Crippen MR) is 113 cm³/mol. The van der Waals surface area contributed by atoms with Gasteiger partial charge in [-0.15, -0.1) is 0 Å². The third kappa shape index (κ3) is 4.36. The van der Waals surface area contributed by atoms with Crippen LogP contribution in [0.5, 0.6) is 0 Å². The Morgan fingerprint density at radius 3 is 2.78 bits per heavy atom. The van der Waals surface area contributed by atoms with Gasteiger partial charge in [0.2, 0.25) is 0 Å². The highest BCUT2D eigenvalue weighted by molar-refractivity contribution is 5.94. The molecule has 10 nitrogen and oxygen atoms in total. The van der Waals surface area contributed by atoms with E-state index in [1.807, 2.05) is 0 Å². The van der Waals surface area contributed by atoms with Crippen LogP contribution in [0.15, 0.2) is 65.8 Å². The molecular weight excluding hydrogens is 419 g/mol. The van der Waals surface area contributed by atoms with Gasteiger partial charge in [-0.2, -0.15) is 5.10 Å². The number of carbonyl (C=O) groups is 1. The van der Waals surface area contributed by atoms with Gasteiger partial charge in [-0.1, -0.05) is 18.2 Å². The summed E-state index contributed by atoms with van der Waals surface area (Å²) in [7, 11) is 0. The van der Waals surface area contributed by atoms with Gasteiger partial charge in [0.15, 0.2) is 5.65 Å². The molecule has 0 fully saturated rings. The van der Waals surface area contributed by atoms with E-state index in [2.05, 4.69) is 15.4 Å². The maximum Gasteiger partial charge on any atom is 0.270 e. The number of nitrogens with one attached hydrogen (secondary N) is 1. The number of carbonyl (C=O) groups excluding carboxylic acids is 1. The summed E-state index contributed by atoms with van der Waals surface area (Å²) in [6.07, 6.45) is 2.77. The first-order chi connectivity index (χ1) is 15.4. The highest BCUT2D eigenvalue weighted by atomic mass is 19.1. The number of nitro groups is 1. The standard InChI is InChI=1S/C21H17FN6O4/c22-16-5-1-3-14(9-16)12-26-13-24-19-18(21(26)30)11-25-27(19)8-7-23-20(29)15-4-2-6-17(10-15)28(31)32/h1-6,9-11,13H,7-8,12H2,(H,23,29). The van der Waals surface area contributed by atoms with Gasteiger partial charge in [-0.25, -0.2) is 14.1 Å². The van der Waals surface area contributed by atoms with Crippen LogP contribution < -0.4 is 10.9 Å². The minimum absolute atomic E-state index is 0.169. The van der Waals surface area contributed by atoms with Crippen LogP contribution >= 0.6 is 0 Å². The van der Waals surface area contributed by atoms with Gasteiger partial charge in [0.05, 0.1) is 24.2 Å². The average molecular weight is 436 g/mol. The van der Waals surface area contributed by atoms with Crippen molar-refractivity contribution in [3.8, 4) is 0 Å². The smallest absolute Gasteiger partial charge is 0.270 e. The molecule has 0 saturated heterocycles. The molecule has 162 valence electrons. The molecule has 0 aliphatic rings. The first-order valence-corrected chi connectivity index (χ1v) is 9.60. The van der Waals surface area contributed by atoms with Gasteiger partial charge in [-0.05, 0) is 23.8 Å². The Morgan fingerprint density at radius 1 is 1.19 bits per heavy atom. The van der Waals surface area contributed by atoms with Crippen molar-refractivity contribution in [1.29, 1.82) is 0 Å². The Labute approximate surface area is 180 Å². The van der Waals surface area contributed by atoms with E-state index in [0.717, 1.165) is 0 Å². The van der Waals surface area contributed by atoms with E-state index in [1.54, 1.807) is 12.1 Å². The third-order valence-electron chi connectivity index (χ3n) is 4.79. The van der Waals surface area contributed by atoms with Gasteiger partial charge in [0.1, 0.15) is 17.5 Å². The lowest BCUT2D eigenvalue weighted by atomic mass is 10.2. The van der Waals surface area contributed by atoms with Crippen LogP contribution in [-0.4, -0.2) is 36.7 Å². The minimum Gasteiger partial charge on any atom is -0.350 e. The number of hydrogen-bond donors (Lipinski definition) is 1. The molecule has 1 N–H and O–H groups in total. The Morgan fingerprint density at radius 2 is 2.00 bits per heavy atom. The van der Waals surface area contributed by atoms with E-state index in [9.17, 15) is 24.1 Å². The van der Waals surface area contributed by atoms with Crippen molar-refractivity contribution in [3.05, 3.63) is 98.5 Å². The topological polar surface area (TPSA) is 125 Å². The minimum atomic E-state index is -0.570. The lowest BCUT2D eigenvalue weighted by molar-refractivity contribution is -0.384. The monoisotopic (exact) mass is 436 g/mol. The molecule has 2 aromatic heterocycles. The second-order valence-corrected chi connectivity index (χ2v) is 6.98. The molecule has 4 aromatic rings. The Bertz CT molecular complexity index is 1380. The van der Waals surface area contributed by atoms with Crippen molar-refractivity contribution in [3.63, 3.8) is 0 Å². The summed E-state index contributed by atoms with van der Waals surface area (Å²) in [5.74, 6) is -0.847. The van der Waals surface area contributed by atoms with Crippen LogP contribution in [0.3, 0.4) is 0 Å². The number of aromatic nitrogens is 4. The molecule has 0 bridgehead atoms. The Kier molecular flexibility index (Phi) is 5.71. The van der Waals surface area contributed by atoms with Crippen LogP contribution in [0.4, 0.5) is 10.1 Å². The maximum atomic E-state index is 13.4. The number of rotatable bonds is 7. The van der Waals surface area contributed by atoms with Crippen molar-refractivity contribution in [2.24, 2.45) is 0 Å². The number of fused-ring (bicyclic) bond motifs is 1. The third-order valence-corrected chi connectivity index (χ3v) is 4.79. The van der Waals surface area contributed by atoms with Crippen LogP contribution in [0.1, 0.15) is 15.9 Å². The average Bonchev–Trinajstić information content (AvgIpc) is 3.19. The van der Waals surface area contributed by atoms with E-state index >= 15 is 0 Å². The van der Waals surface area contributed by atoms with Gasteiger partial charge in [0, 0.05) is 24.2 Å². The molecule has 0 saturated carbocycles. The number of benzene rings is 2. The molecule has 0 radical (unpaired) electrons. The molecule has 4 rings (SSSR count). The summed E-state index contributed by atoms with van der Waals surface area (Å²) in [5, 5.41) is 18.0. The zero-order chi connectivity index (χ0) is 22.7. The van der Waals surface area contributed by atoms with E-state index in [1.165, 1.54) is 58.2 Å². The van der Waals surface area contributed by atoms with Crippen molar-refractivity contribution >= 4 is 22.6 Å².